The molecule has 1 heterocycles. The predicted octanol–water partition coefficient (Wildman–Crippen LogP) is 3.84. The first kappa shape index (κ1) is 21.4. The maximum atomic E-state index is 12.9. The normalized spacial score (nSPS) is 49.2. The van der Waals surface area contributed by atoms with Crippen molar-refractivity contribution in [2.75, 3.05) is 6.61 Å². The van der Waals surface area contributed by atoms with Crippen molar-refractivity contribution in [2.45, 2.75) is 97.4 Å². The number of epoxide rings is 1. The highest BCUT2D eigenvalue weighted by Crippen LogP contribution is 2.76. The van der Waals surface area contributed by atoms with Gasteiger partial charge in [-0.2, -0.15) is 0 Å². The summed E-state index contributed by atoms with van der Waals surface area (Å²) >= 11 is 0. The van der Waals surface area contributed by atoms with Crippen LogP contribution < -0.4 is 0 Å². The second-order valence-corrected chi connectivity index (χ2v) is 11.7. The molecule has 6 heteroatoms. The summed E-state index contributed by atoms with van der Waals surface area (Å²) in [5.74, 6) is 0.616. The molecule has 0 radical (unpaired) electrons. The zero-order valence-electron chi connectivity index (χ0n) is 19.5. The first-order valence-electron chi connectivity index (χ1n) is 12.0. The molecule has 8 atom stereocenters. The molecule has 0 aromatic carbocycles. The number of Topliss-reactive ketones (excluding diaryl/α,β-unsaturated/α-hetero) is 1. The van der Waals surface area contributed by atoms with Gasteiger partial charge in [0, 0.05) is 36.5 Å². The Bertz CT molecular complexity index is 834. The second-order valence-electron chi connectivity index (χ2n) is 11.7. The monoisotopic (exact) mass is 432 g/mol. The minimum atomic E-state index is -0.437. The van der Waals surface area contributed by atoms with Gasteiger partial charge in [-0.15, -0.1) is 0 Å². The molecule has 5 rings (SSSR count). The van der Waals surface area contributed by atoms with E-state index < -0.39 is 5.41 Å². The number of hydrogen-bond donors (Lipinski definition) is 0. The molecule has 6 nitrogen and oxygen atoms in total. The molecule has 0 aromatic rings. The lowest BCUT2D eigenvalue weighted by Crippen LogP contribution is -2.65. The number of carbonyl (C=O) groups excluding carboxylic acids is 3. The van der Waals surface area contributed by atoms with Crippen LogP contribution >= 0.6 is 0 Å². The smallest absolute Gasteiger partial charge is 0.302 e. The van der Waals surface area contributed by atoms with Crippen molar-refractivity contribution in [2.24, 2.45) is 34.0 Å². The fourth-order valence-electron chi connectivity index (χ4n) is 8.82. The van der Waals surface area contributed by atoms with Crippen molar-refractivity contribution in [3.05, 3.63) is 0 Å². The number of rotatable bonds is 3. The lowest BCUT2D eigenvalue weighted by Gasteiger charge is -2.61. The van der Waals surface area contributed by atoms with Gasteiger partial charge in [-0.3, -0.25) is 14.4 Å². The quantitative estimate of drug-likeness (QED) is 0.498. The molecule has 4 saturated carbocycles. The van der Waals surface area contributed by atoms with Gasteiger partial charge in [-0.25, -0.2) is 0 Å². The predicted molar refractivity (Wildman–Crippen MR) is 112 cm³/mol. The maximum absolute atomic E-state index is 12.9. The van der Waals surface area contributed by atoms with Crippen LogP contribution in [0.1, 0.15) is 79.6 Å². The van der Waals surface area contributed by atoms with E-state index in [1.54, 1.807) is 0 Å². The maximum Gasteiger partial charge on any atom is 0.302 e. The van der Waals surface area contributed by atoms with Gasteiger partial charge in [-0.05, 0) is 56.3 Å². The average Bonchev–Trinajstić information content (AvgIpc) is 3.30. The minimum absolute atomic E-state index is 0.0540. The van der Waals surface area contributed by atoms with Crippen molar-refractivity contribution >= 4 is 17.7 Å². The molecular weight excluding hydrogens is 396 g/mol. The molecule has 5 fully saturated rings. The third-order valence-corrected chi connectivity index (χ3v) is 10.2. The standard InChI is InChI=1S/C25H36O6/c1-14(26)29-13-24-11-9-19(28)22(3,4)18(24)12-21-25(31-21)16-6-7-20(30-15(2)27)23(16,5)10-8-17(24)25/h16-18,20-21H,6-13H2,1-5H3. The van der Waals surface area contributed by atoms with E-state index in [0.717, 1.165) is 38.5 Å². The van der Waals surface area contributed by atoms with Gasteiger partial charge >= 0.3 is 11.9 Å². The number of esters is 2. The van der Waals surface area contributed by atoms with Crippen molar-refractivity contribution < 1.29 is 28.6 Å². The Morgan fingerprint density at radius 1 is 1.00 bits per heavy atom. The first-order valence-corrected chi connectivity index (χ1v) is 12.0. The van der Waals surface area contributed by atoms with Crippen LogP contribution in [0, 0.1) is 34.0 Å². The highest BCUT2D eigenvalue weighted by molar-refractivity contribution is 5.85. The van der Waals surface area contributed by atoms with Gasteiger partial charge in [0.1, 0.15) is 17.5 Å². The summed E-state index contributed by atoms with van der Waals surface area (Å²) in [7, 11) is 0. The SMILES string of the molecule is CC(=O)OCC12CCC(=O)C(C)(C)C1CC1OC13C1CCC(OC(C)=O)C1(C)CCC23. The topological polar surface area (TPSA) is 82.2 Å². The van der Waals surface area contributed by atoms with E-state index in [9.17, 15) is 14.4 Å². The molecule has 0 bridgehead atoms. The van der Waals surface area contributed by atoms with Crippen molar-refractivity contribution in [1.29, 1.82) is 0 Å². The Labute approximate surface area is 184 Å². The molecule has 4 aliphatic carbocycles. The van der Waals surface area contributed by atoms with Gasteiger partial charge in [-0.1, -0.05) is 20.8 Å². The van der Waals surface area contributed by atoms with Crippen LogP contribution in [0.5, 0.6) is 0 Å². The van der Waals surface area contributed by atoms with E-state index in [1.807, 2.05) is 0 Å². The molecule has 0 aromatic heterocycles. The molecule has 0 N–H and O–H groups in total. The van der Waals surface area contributed by atoms with Crippen LogP contribution in [0.4, 0.5) is 0 Å². The van der Waals surface area contributed by atoms with Crippen LogP contribution in [-0.2, 0) is 28.6 Å². The Morgan fingerprint density at radius 2 is 1.74 bits per heavy atom. The van der Waals surface area contributed by atoms with Gasteiger partial charge in [0.05, 0.1) is 12.7 Å². The zero-order valence-corrected chi connectivity index (χ0v) is 19.5. The summed E-state index contributed by atoms with van der Waals surface area (Å²) in [4.78, 5) is 36.5. The summed E-state index contributed by atoms with van der Waals surface area (Å²) in [6, 6.07) is 0. The molecule has 0 amide bonds. The number of ether oxygens (including phenoxy) is 3. The van der Waals surface area contributed by atoms with Crippen LogP contribution in [0.25, 0.3) is 0 Å². The van der Waals surface area contributed by atoms with E-state index in [1.165, 1.54) is 13.8 Å². The Balaban J connectivity index is 1.54. The van der Waals surface area contributed by atoms with Gasteiger partial charge in [0.2, 0.25) is 0 Å². The number of carbonyl (C=O) groups is 3. The van der Waals surface area contributed by atoms with E-state index in [4.69, 9.17) is 14.2 Å². The Hall–Kier alpha value is -1.43. The van der Waals surface area contributed by atoms with E-state index in [-0.39, 0.29) is 52.4 Å². The summed E-state index contributed by atoms with van der Waals surface area (Å²) in [5, 5.41) is 0. The van der Waals surface area contributed by atoms with E-state index in [0.29, 0.717) is 24.7 Å². The van der Waals surface area contributed by atoms with Crippen LogP contribution in [0.3, 0.4) is 0 Å². The summed E-state index contributed by atoms with van der Waals surface area (Å²) in [6.07, 6.45) is 6.08. The van der Waals surface area contributed by atoms with Crippen LogP contribution in [-0.4, -0.2) is 42.1 Å². The number of fused-ring (bicyclic) bond motifs is 3. The van der Waals surface area contributed by atoms with Crippen molar-refractivity contribution in [1.82, 2.24) is 0 Å². The van der Waals surface area contributed by atoms with Gasteiger partial charge in [0.25, 0.3) is 0 Å². The van der Waals surface area contributed by atoms with Crippen molar-refractivity contribution in [3.8, 4) is 0 Å². The van der Waals surface area contributed by atoms with E-state index >= 15 is 0 Å². The number of ketones is 1. The molecule has 1 aliphatic heterocycles. The zero-order chi connectivity index (χ0) is 22.4. The van der Waals surface area contributed by atoms with Crippen LogP contribution in [0.15, 0.2) is 0 Å². The molecule has 8 unspecified atom stereocenters. The third kappa shape index (κ3) is 2.69. The lowest BCUT2D eigenvalue weighted by molar-refractivity contribution is -0.185. The molecule has 1 saturated heterocycles. The first-order chi connectivity index (χ1) is 14.5. The number of hydrogen-bond acceptors (Lipinski definition) is 6. The highest BCUT2D eigenvalue weighted by atomic mass is 16.6. The van der Waals surface area contributed by atoms with Gasteiger partial charge in [0.15, 0.2) is 0 Å². The molecule has 5 aliphatic rings. The highest BCUT2D eigenvalue weighted by Gasteiger charge is 2.81. The summed E-state index contributed by atoms with van der Waals surface area (Å²) in [5.41, 5.74) is -0.967. The largest absolute Gasteiger partial charge is 0.465 e. The fraction of sp³-hybridized carbons (Fsp3) is 0.880. The molecule has 1 spiro atoms. The van der Waals surface area contributed by atoms with Gasteiger partial charge < -0.3 is 14.2 Å². The lowest BCUT2D eigenvalue weighted by atomic mass is 9.41. The van der Waals surface area contributed by atoms with Crippen molar-refractivity contribution in [3.63, 3.8) is 0 Å². The molecule has 31 heavy (non-hydrogen) atoms. The molecule has 172 valence electrons. The van der Waals surface area contributed by atoms with Crippen LogP contribution in [0.2, 0.25) is 0 Å². The Kier molecular flexibility index (Phi) is 4.53. The Morgan fingerprint density at radius 3 is 2.42 bits per heavy atom. The molecular formula is C25H36O6. The summed E-state index contributed by atoms with van der Waals surface area (Å²) < 4.78 is 18.2. The second kappa shape index (κ2) is 6.55. The third-order valence-electron chi connectivity index (χ3n) is 10.2. The van der Waals surface area contributed by atoms with E-state index in [2.05, 4.69) is 20.8 Å². The minimum Gasteiger partial charge on any atom is -0.465 e. The fourth-order valence-corrected chi connectivity index (χ4v) is 8.82. The average molecular weight is 433 g/mol. The summed E-state index contributed by atoms with van der Waals surface area (Å²) in [6.45, 7) is 9.78.